The van der Waals surface area contributed by atoms with Gasteiger partial charge in [0, 0.05) is 12.7 Å². The number of halogens is 2. The van der Waals surface area contributed by atoms with E-state index in [4.69, 9.17) is 11.6 Å². The van der Waals surface area contributed by atoms with Crippen LogP contribution >= 0.6 is 11.6 Å². The zero-order valence-electron chi connectivity index (χ0n) is 14.5. The minimum atomic E-state index is -1.03. The summed E-state index contributed by atoms with van der Waals surface area (Å²) in [6.07, 6.45) is 0.459. The molecule has 27 heavy (non-hydrogen) atoms. The van der Waals surface area contributed by atoms with Crippen LogP contribution in [0, 0.1) is 0 Å². The number of alkyl halides is 1. The highest BCUT2D eigenvalue weighted by Crippen LogP contribution is 2.31. The Morgan fingerprint density at radius 3 is 2.81 bits per heavy atom. The lowest BCUT2D eigenvalue weighted by atomic mass is 10.0. The van der Waals surface area contributed by atoms with Crippen molar-refractivity contribution in [2.45, 2.75) is 44.1 Å². The fourth-order valence-corrected chi connectivity index (χ4v) is 3.76. The molecule has 1 fully saturated rings. The van der Waals surface area contributed by atoms with Crippen LogP contribution in [-0.4, -0.2) is 54.5 Å². The van der Waals surface area contributed by atoms with Crippen LogP contribution in [-0.2, 0) is 11.3 Å². The maximum Gasteiger partial charge on any atom is 0.347 e. The Morgan fingerprint density at radius 2 is 2.15 bits per heavy atom. The Balaban J connectivity index is 1.65. The number of carbonyl (C=O) groups excluding carboxylic acids is 1. The first-order valence-electron chi connectivity index (χ1n) is 8.84. The summed E-state index contributed by atoms with van der Waals surface area (Å²) in [6, 6.07) is 2.57. The van der Waals surface area contributed by atoms with Crippen LogP contribution in [0.4, 0.5) is 4.39 Å². The zero-order valence-corrected chi connectivity index (χ0v) is 15.2. The molecule has 2 aromatic rings. The maximum absolute atomic E-state index is 13.5. The fourth-order valence-electron chi connectivity index (χ4n) is 3.65. The van der Waals surface area contributed by atoms with Crippen molar-refractivity contribution < 1.29 is 14.3 Å². The number of fused-ring (bicyclic) bond motifs is 1. The second-order valence-electron chi connectivity index (χ2n) is 6.92. The van der Waals surface area contributed by atoms with Crippen molar-refractivity contribution in [3.05, 3.63) is 45.4 Å². The normalized spacial score (nSPS) is 24.9. The van der Waals surface area contributed by atoms with Crippen molar-refractivity contribution in [3.63, 3.8) is 0 Å². The molecule has 1 amide bonds. The zero-order chi connectivity index (χ0) is 19.1. The van der Waals surface area contributed by atoms with E-state index in [1.165, 1.54) is 20.3 Å². The third kappa shape index (κ3) is 3.37. The molecule has 0 bridgehead atoms. The third-order valence-electron chi connectivity index (χ3n) is 5.05. The van der Waals surface area contributed by atoms with Crippen molar-refractivity contribution in [1.29, 1.82) is 0 Å². The molecule has 0 aromatic carbocycles. The first-order valence-corrected chi connectivity index (χ1v) is 9.22. The minimum Gasteiger partial charge on any atom is -0.385 e. The highest BCUT2D eigenvalue weighted by molar-refractivity contribution is 6.30. The average Bonchev–Trinajstić information content (AvgIpc) is 3.22. The van der Waals surface area contributed by atoms with Gasteiger partial charge in [0.2, 0.25) is 5.91 Å². The Morgan fingerprint density at radius 1 is 1.33 bits per heavy atom. The maximum atomic E-state index is 13.5. The van der Waals surface area contributed by atoms with Gasteiger partial charge in [0.15, 0.2) is 5.82 Å². The van der Waals surface area contributed by atoms with Crippen molar-refractivity contribution in [2.75, 3.05) is 13.1 Å². The van der Waals surface area contributed by atoms with Crippen LogP contribution in [0.15, 0.2) is 23.1 Å². The number of nitrogens with zero attached hydrogens (tertiary/aromatic N) is 5. The molecule has 2 aromatic heterocycles. The fraction of sp³-hybridized carbons (Fsp3) is 0.529. The standard InChI is InChI=1S/C17H19ClFN5O3/c18-10-1-2-12(20-7-10)9-23-17(27)24-13(3-4-14(25)15(24)21-23)16(26)22-6-5-11(19)8-22/h1-2,7,11,13-14,25H,3-6,8-9H2/t11-,13-,14-/m0/s1. The van der Waals surface area contributed by atoms with Gasteiger partial charge in [-0.25, -0.2) is 13.9 Å². The number of aliphatic hydroxyl groups is 1. The molecule has 2 aliphatic heterocycles. The van der Waals surface area contributed by atoms with Crippen LogP contribution in [0.25, 0.3) is 0 Å². The molecule has 0 saturated carbocycles. The summed E-state index contributed by atoms with van der Waals surface area (Å²) in [4.78, 5) is 31.3. The van der Waals surface area contributed by atoms with E-state index in [2.05, 4.69) is 10.1 Å². The number of aliphatic hydroxyl groups excluding tert-OH is 1. The predicted molar refractivity (Wildman–Crippen MR) is 94.2 cm³/mol. The first-order chi connectivity index (χ1) is 12.9. The molecule has 0 unspecified atom stereocenters. The Bertz CT molecular complexity index is 912. The van der Waals surface area contributed by atoms with Gasteiger partial charge < -0.3 is 10.0 Å². The summed E-state index contributed by atoms with van der Waals surface area (Å²) < 4.78 is 15.9. The highest BCUT2D eigenvalue weighted by atomic mass is 35.5. The summed E-state index contributed by atoms with van der Waals surface area (Å²) >= 11 is 5.82. The molecule has 3 atom stereocenters. The summed E-state index contributed by atoms with van der Waals surface area (Å²) in [5, 5.41) is 15.0. The molecular formula is C17H19ClFN5O3. The van der Waals surface area contributed by atoms with Crippen LogP contribution in [0.3, 0.4) is 0 Å². The van der Waals surface area contributed by atoms with Crippen LogP contribution < -0.4 is 5.69 Å². The molecule has 4 rings (SSSR count). The third-order valence-corrected chi connectivity index (χ3v) is 5.27. The largest absolute Gasteiger partial charge is 0.385 e. The molecule has 2 aliphatic rings. The number of likely N-dealkylation sites (tertiary alicyclic amines) is 1. The molecular weight excluding hydrogens is 377 g/mol. The van der Waals surface area contributed by atoms with Crippen LogP contribution in [0.2, 0.25) is 5.02 Å². The molecule has 144 valence electrons. The second-order valence-corrected chi connectivity index (χ2v) is 7.35. The highest BCUT2D eigenvalue weighted by Gasteiger charge is 2.38. The number of pyridine rings is 1. The summed E-state index contributed by atoms with van der Waals surface area (Å²) in [5.74, 6) is -0.135. The van der Waals surface area contributed by atoms with Crippen molar-refractivity contribution >= 4 is 17.5 Å². The smallest absolute Gasteiger partial charge is 0.347 e. The van der Waals surface area contributed by atoms with E-state index >= 15 is 0 Å². The molecule has 4 heterocycles. The summed E-state index contributed by atoms with van der Waals surface area (Å²) in [7, 11) is 0. The van der Waals surface area contributed by atoms with Crippen molar-refractivity contribution in [2.24, 2.45) is 0 Å². The molecule has 0 aliphatic carbocycles. The number of amides is 1. The molecule has 8 nitrogen and oxygen atoms in total. The lowest BCUT2D eigenvalue weighted by molar-refractivity contribution is -0.135. The first kappa shape index (κ1) is 18.1. The van der Waals surface area contributed by atoms with E-state index in [0.717, 1.165) is 0 Å². The van der Waals surface area contributed by atoms with Gasteiger partial charge in [-0.1, -0.05) is 11.6 Å². The van der Waals surface area contributed by atoms with Gasteiger partial charge in [0.05, 0.1) is 23.8 Å². The van der Waals surface area contributed by atoms with E-state index < -0.39 is 24.0 Å². The Hall–Kier alpha value is -2.26. The van der Waals surface area contributed by atoms with Gasteiger partial charge in [-0.3, -0.25) is 14.3 Å². The Labute approximate surface area is 159 Å². The quantitative estimate of drug-likeness (QED) is 0.839. The molecule has 0 spiro atoms. The van der Waals surface area contributed by atoms with Crippen LogP contribution in [0.1, 0.15) is 42.9 Å². The molecule has 10 heteroatoms. The van der Waals surface area contributed by atoms with Gasteiger partial charge in [0.1, 0.15) is 18.3 Å². The molecule has 1 saturated heterocycles. The minimum absolute atomic E-state index is 0.0464. The van der Waals surface area contributed by atoms with Gasteiger partial charge in [0.25, 0.3) is 0 Å². The number of rotatable bonds is 3. The lowest BCUT2D eigenvalue weighted by Gasteiger charge is -2.28. The average molecular weight is 396 g/mol. The second kappa shape index (κ2) is 7.05. The van der Waals surface area contributed by atoms with Crippen molar-refractivity contribution in [3.8, 4) is 0 Å². The molecule has 1 N–H and O–H groups in total. The van der Waals surface area contributed by atoms with Gasteiger partial charge >= 0.3 is 5.69 Å². The SMILES string of the molecule is O=C([C@@H]1CC[C@H](O)c2nn(Cc3ccc(Cl)cn3)c(=O)n21)N1CC[C@H](F)C1. The number of hydrogen-bond donors (Lipinski definition) is 1. The van der Waals surface area contributed by atoms with Gasteiger partial charge in [-0.05, 0) is 31.4 Å². The van der Waals surface area contributed by atoms with E-state index in [0.29, 0.717) is 36.5 Å². The lowest BCUT2D eigenvalue weighted by Crippen LogP contribution is -2.42. The van der Waals surface area contributed by atoms with E-state index in [-0.39, 0.29) is 24.8 Å². The van der Waals surface area contributed by atoms with Gasteiger partial charge in [-0.2, -0.15) is 5.10 Å². The monoisotopic (exact) mass is 395 g/mol. The molecule has 0 radical (unpaired) electrons. The number of hydrogen-bond acceptors (Lipinski definition) is 5. The number of aromatic nitrogens is 4. The van der Waals surface area contributed by atoms with Gasteiger partial charge in [-0.15, -0.1) is 0 Å². The van der Waals surface area contributed by atoms with E-state index in [9.17, 15) is 19.1 Å². The van der Waals surface area contributed by atoms with E-state index in [1.807, 2.05) is 0 Å². The van der Waals surface area contributed by atoms with Crippen LogP contribution in [0.5, 0.6) is 0 Å². The van der Waals surface area contributed by atoms with Crippen molar-refractivity contribution in [1.82, 2.24) is 24.2 Å². The predicted octanol–water partition coefficient (Wildman–Crippen LogP) is 1.08. The summed E-state index contributed by atoms with van der Waals surface area (Å²) in [5.41, 5.74) is 0.0870. The topological polar surface area (TPSA) is 93.2 Å². The van der Waals surface area contributed by atoms with E-state index in [1.54, 1.807) is 12.1 Å². The Kier molecular flexibility index (Phi) is 4.73. The summed E-state index contributed by atoms with van der Waals surface area (Å²) in [6.45, 7) is 0.483. The number of carbonyl (C=O) groups is 1.